The van der Waals surface area contributed by atoms with Crippen molar-refractivity contribution in [1.29, 1.82) is 0 Å². The van der Waals surface area contributed by atoms with Crippen molar-refractivity contribution in [1.82, 2.24) is 4.98 Å². The van der Waals surface area contributed by atoms with Crippen LogP contribution in [0.2, 0.25) is 5.02 Å². The Hall–Kier alpha value is -1.68. The lowest BCUT2D eigenvalue weighted by Gasteiger charge is -2.18. The summed E-state index contributed by atoms with van der Waals surface area (Å²) in [4.78, 5) is 14.4. The van der Waals surface area contributed by atoms with E-state index in [-0.39, 0.29) is 0 Å². The molecule has 0 fully saturated rings. The van der Waals surface area contributed by atoms with Crippen LogP contribution in [0.3, 0.4) is 0 Å². The first-order valence-corrected chi connectivity index (χ1v) is 5.84. The molecule has 0 unspecified atom stereocenters. The Morgan fingerprint density at radius 3 is 2.67 bits per heavy atom. The second kappa shape index (κ2) is 4.21. The molecular weight excluding hydrogens is 254 g/mol. The van der Waals surface area contributed by atoms with Gasteiger partial charge in [0.2, 0.25) is 0 Å². The molecule has 96 valence electrons. The summed E-state index contributed by atoms with van der Waals surface area (Å²) in [5.74, 6) is -0.344. The standard InChI is InChI=1S/C13H14ClNO3/c1-13(2,12(16)17)8-6-15-10-5-9(14)11(18-3)4-7(8)10/h4-6,15H,1-3H3,(H,16,17). The van der Waals surface area contributed by atoms with Gasteiger partial charge in [-0.2, -0.15) is 0 Å². The van der Waals surface area contributed by atoms with Crippen molar-refractivity contribution in [2.75, 3.05) is 7.11 Å². The lowest BCUT2D eigenvalue weighted by atomic mass is 9.84. The van der Waals surface area contributed by atoms with Gasteiger partial charge in [-0.3, -0.25) is 4.79 Å². The number of aromatic nitrogens is 1. The number of aromatic amines is 1. The molecule has 5 heteroatoms. The largest absolute Gasteiger partial charge is 0.495 e. The van der Waals surface area contributed by atoms with E-state index in [4.69, 9.17) is 16.3 Å². The van der Waals surface area contributed by atoms with Crippen molar-refractivity contribution in [2.45, 2.75) is 19.3 Å². The van der Waals surface area contributed by atoms with Crippen LogP contribution in [-0.2, 0) is 10.2 Å². The summed E-state index contributed by atoms with van der Waals surface area (Å²) in [6.45, 7) is 3.33. The first-order chi connectivity index (χ1) is 8.37. The van der Waals surface area contributed by atoms with Gasteiger partial charge in [-0.15, -0.1) is 0 Å². The van der Waals surface area contributed by atoms with Crippen LogP contribution in [-0.4, -0.2) is 23.2 Å². The van der Waals surface area contributed by atoms with E-state index in [0.717, 1.165) is 10.9 Å². The van der Waals surface area contributed by atoms with Gasteiger partial charge >= 0.3 is 5.97 Å². The van der Waals surface area contributed by atoms with E-state index in [1.54, 1.807) is 32.2 Å². The first-order valence-electron chi connectivity index (χ1n) is 5.46. The van der Waals surface area contributed by atoms with Gasteiger partial charge in [0, 0.05) is 17.1 Å². The van der Waals surface area contributed by atoms with Gasteiger partial charge in [0.05, 0.1) is 17.5 Å². The molecule has 0 aliphatic heterocycles. The molecule has 18 heavy (non-hydrogen) atoms. The number of aliphatic carboxylic acids is 1. The van der Waals surface area contributed by atoms with Crippen LogP contribution in [0.15, 0.2) is 18.3 Å². The van der Waals surface area contributed by atoms with E-state index in [0.29, 0.717) is 16.3 Å². The average molecular weight is 268 g/mol. The molecule has 0 amide bonds. The number of carbonyl (C=O) groups is 1. The fourth-order valence-corrected chi connectivity index (χ4v) is 2.15. The predicted molar refractivity (Wildman–Crippen MR) is 70.5 cm³/mol. The van der Waals surface area contributed by atoms with Crippen molar-refractivity contribution in [3.05, 3.63) is 28.9 Å². The van der Waals surface area contributed by atoms with E-state index < -0.39 is 11.4 Å². The number of fused-ring (bicyclic) bond motifs is 1. The summed E-state index contributed by atoms with van der Waals surface area (Å²) in [6.07, 6.45) is 1.70. The van der Waals surface area contributed by atoms with Gasteiger partial charge < -0.3 is 14.8 Å². The molecule has 0 saturated heterocycles. The minimum Gasteiger partial charge on any atom is -0.495 e. The fourth-order valence-electron chi connectivity index (χ4n) is 1.91. The number of nitrogens with one attached hydrogen (secondary N) is 1. The molecule has 0 aliphatic rings. The minimum absolute atomic E-state index is 0.492. The van der Waals surface area contributed by atoms with Crippen LogP contribution in [0.4, 0.5) is 0 Å². The number of H-pyrrole nitrogens is 1. The third-order valence-corrected chi connectivity index (χ3v) is 3.46. The van der Waals surface area contributed by atoms with Crippen LogP contribution in [0.5, 0.6) is 5.75 Å². The maximum absolute atomic E-state index is 11.3. The third-order valence-electron chi connectivity index (χ3n) is 3.16. The highest BCUT2D eigenvalue weighted by Crippen LogP contribution is 2.36. The summed E-state index contributed by atoms with van der Waals surface area (Å²) in [5, 5.41) is 10.6. The smallest absolute Gasteiger partial charge is 0.313 e. The zero-order valence-electron chi connectivity index (χ0n) is 10.4. The number of ether oxygens (including phenoxy) is 1. The fraction of sp³-hybridized carbons (Fsp3) is 0.308. The van der Waals surface area contributed by atoms with Gasteiger partial charge in [-0.25, -0.2) is 0 Å². The van der Waals surface area contributed by atoms with Crippen LogP contribution < -0.4 is 4.74 Å². The number of carboxylic acid groups (broad SMARTS) is 1. The molecular formula is C13H14ClNO3. The third kappa shape index (κ3) is 1.82. The van der Waals surface area contributed by atoms with E-state index in [9.17, 15) is 9.90 Å². The molecule has 1 aromatic carbocycles. The van der Waals surface area contributed by atoms with Gasteiger partial charge in [-0.05, 0) is 31.5 Å². The van der Waals surface area contributed by atoms with Crippen molar-refractivity contribution >= 4 is 28.5 Å². The minimum atomic E-state index is -0.975. The highest BCUT2D eigenvalue weighted by atomic mass is 35.5. The topological polar surface area (TPSA) is 62.3 Å². The summed E-state index contributed by atoms with van der Waals surface area (Å²) < 4.78 is 5.16. The van der Waals surface area contributed by atoms with Crippen LogP contribution >= 0.6 is 11.6 Å². The summed E-state index contributed by atoms with van der Waals surface area (Å²) in [6, 6.07) is 3.49. The van der Waals surface area contributed by atoms with E-state index in [1.807, 2.05) is 0 Å². The molecule has 2 N–H and O–H groups in total. The molecule has 1 heterocycles. The lowest BCUT2D eigenvalue weighted by molar-refractivity contribution is -0.142. The Morgan fingerprint density at radius 2 is 2.11 bits per heavy atom. The summed E-state index contributed by atoms with van der Waals surface area (Å²) >= 11 is 6.03. The first kappa shape index (κ1) is 12.8. The Balaban J connectivity index is 2.71. The zero-order chi connectivity index (χ0) is 13.5. The number of benzene rings is 1. The predicted octanol–water partition coefficient (Wildman–Crippen LogP) is 3.19. The molecule has 0 saturated carbocycles. The van der Waals surface area contributed by atoms with Crippen LogP contribution in [0.1, 0.15) is 19.4 Å². The van der Waals surface area contributed by atoms with Crippen molar-refractivity contribution in [2.24, 2.45) is 0 Å². The number of rotatable bonds is 3. The van der Waals surface area contributed by atoms with Crippen molar-refractivity contribution in [3.63, 3.8) is 0 Å². The Labute approximate surface area is 110 Å². The maximum Gasteiger partial charge on any atom is 0.313 e. The van der Waals surface area contributed by atoms with Gasteiger partial charge in [-0.1, -0.05) is 11.6 Å². The average Bonchev–Trinajstić information content (AvgIpc) is 2.70. The molecule has 1 aromatic heterocycles. The molecule has 4 nitrogen and oxygen atoms in total. The Kier molecular flexibility index (Phi) is 2.99. The second-order valence-corrected chi connectivity index (χ2v) is 5.07. The number of halogens is 1. The van der Waals surface area contributed by atoms with Gasteiger partial charge in [0.1, 0.15) is 5.75 Å². The summed E-state index contributed by atoms with van der Waals surface area (Å²) in [7, 11) is 1.53. The second-order valence-electron chi connectivity index (χ2n) is 4.66. The highest BCUT2D eigenvalue weighted by molar-refractivity contribution is 6.32. The number of hydrogen-bond acceptors (Lipinski definition) is 2. The Morgan fingerprint density at radius 1 is 1.44 bits per heavy atom. The van der Waals surface area contributed by atoms with E-state index in [1.165, 1.54) is 7.11 Å². The molecule has 0 radical (unpaired) electrons. The normalized spacial score (nSPS) is 11.8. The van der Waals surface area contributed by atoms with E-state index >= 15 is 0 Å². The quantitative estimate of drug-likeness (QED) is 0.898. The molecule has 2 rings (SSSR count). The van der Waals surface area contributed by atoms with E-state index in [2.05, 4.69) is 4.98 Å². The monoisotopic (exact) mass is 267 g/mol. The van der Waals surface area contributed by atoms with Crippen molar-refractivity contribution < 1.29 is 14.6 Å². The molecule has 0 aliphatic carbocycles. The number of carboxylic acids is 1. The number of hydrogen-bond donors (Lipinski definition) is 2. The SMILES string of the molecule is COc1cc2c(C(C)(C)C(=O)O)c[nH]c2cc1Cl. The molecule has 0 atom stereocenters. The molecule has 0 bridgehead atoms. The van der Waals surface area contributed by atoms with Crippen LogP contribution in [0.25, 0.3) is 10.9 Å². The number of methoxy groups -OCH3 is 1. The maximum atomic E-state index is 11.3. The highest BCUT2D eigenvalue weighted by Gasteiger charge is 2.32. The van der Waals surface area contributed by atoms with Crippen LogP contribution in [0, 0.1) is 0 Å². The van der Waals surface area contributed by atoms with Gasteiger partial charge in [0.15, 0.2) is 0 Å². The summed E-state index contributed by atoms with van der Waals surface area (Å²) in [5.41, 5.74) is 0.530. The molecule has 0 spiro atoms. The Bertz CT molecular complexity index is 616. The van der Waals surface area contributed by atoms with Gasteiger partial charge in [0.25, 0.3) is 0 Å². The van der Waals surface area contributed by atoms with Crippen molar-refractivity contribution in [3.8, 4) is 5.75 Å². The lowest BCUT2D eigenvalue weighted by Crippen LogP contribution is -2.28. The molecule has 2 aromatic rings. The zero-order valence-corrected chi connectivity index (χ0v) is 11.1.